The fourth-order valence-corrected chi connectivity index (χ4v) is 2.90. The maximum absolute atomic E-state index is 12.4. The molecular weight excluding hydrogens is 356 g/mol. The van der Waals surface area contributed by atoms with Gasteiger partial charge in [0.05, 0.1) is 18.8 Å². The lowest BCUT2D eigenvalue weighted by Crippen LogP contribution is -2.35. The zero-order valence-corrected chi connectivity index (χ0v) is 15.8. The first-order valence-electron chi connectivity index (χ1n) is 8.85. The lowest BCUT2D eigenvalue weighted by Gasteiger charge is -2.19. The van der Waals surface area contributed by atoms with Crippen molar-refractivity contribution < 1.29 is 18.7 Å². The second-order valence-corrected chi connectivity index (χ2v) is 6.50. The summed E-state index contributed by atoms with van der Waals surface area (Å²) in [6.07, 6.45) is 1.55. The molecule has 6 heteroatoms. The number of rotatable bonds is 6. The molecule has 1 heterocycles. The number of anilines is 1. The molecule has 0 aliphatic heterocycles. The van der Waals surface area contributed by atoms with E-state index < -0.39 is 18.5 Å². The van der Waals surface area contributed by atoms with Gasteiger partial charge in [0.25, 0.3) is 5.91 Å². The quantitative estimate of drug-likeness (QED) is 0.484. The van der Waals surface area contributed by atoms with Crippen LogP contribution in [0.15, 0.2) is 53.1 Å². The molecule has 0 bridgehead atoms. The van der Waals surface area contributed by atoms with Gasteiger partial charge in [-0.15, -0.1) is 0 Å². The number of aryl methyl sites for hydroxylation is 2. The van der Waals surface area contributed by atoms with E-state index in [2.05, 4.69) is 0 Å². The molecule has 0 aliphatic carbocycles. The van der Waals surface area contributed by atoms with Crippen molar-refractivity contribution in [3.8, 4) is 6.07 Å². The van der Waals surface area contributed by atoms with Crippen LogP contribution < -0.4 is 4.90 Å². The average molecular weight is 376 g/mol. The van der Waals surface area contributed by atoms with Gasteiger partial charge in [-0.05, 0) is 49.2 Å². The molecule has 28 heavy (non-hydrogen) atoms. The van der Waals surface area contributed by atoms with Crippen molar-refractivity contribution in [3.05, 3.63) is 65.4 Å². The number of hydrogen-bond donors (Lipinski definition) is 0. The molecule has 142 valence electrons. The van der Waals surface area contributed by atoms with E-state index in [-0.39, 0.29) is 13.0 Å². The molecule has 2 aromatic carbocycles. The summed E-state index contributed by atoms with van der Waals surface area (Å²) >= 11 is 0. The molecule has 3 aromatic rings. The second-order valence-electron chi connectivity index (χ2n) is 6.50. The molecule has 0 atom stereocenters. The Balaban J connectivity index is 1.64. The van der Waals surface area contributed by atoms with Crippen LogP contribution in [-0.2, 0) is 20.7 Å². The highest BCUT2D eigenvalue weighted by Crippen LogP contribution is 2.25. The predicted octanol–water partition coefficient (Wildman–Crippen LogP) is 3.69. The Hall–Kier alpha value is -3.59. The molecule has 3 rings (SSSR count). The van der Waals surface area contributed by atoms with Crippen LogP contribution >= 0.6 is 0 Å². The SMILES string of the molecule is Cc1cc2occ(CC(=O)OCC(=O)N(CC#N)c3ccccc3)c2cc1C. The van der Waals surface area contributed by atoms with Gasteiger partial charge in [-0.1, -0.05) is 18.2 Å². The van der Waals surface area contributed by atoms with E-state index in [4.69, 9.17) is 14.4 Å². The van der Waals surface area contributed by atoms with Gasteiger partial charge in [-0.2, -0.15) is 5.26 Å². The van der Waals surface area contributed by atoms with Crippen LogP contribution in [0, 0.1) is 25.2 Å². The van der Waals surface area contributed by atoms with Crippen LogP contribution in [0.25, 0.3) is 11.0 Å². The summed E-state index contributed by atoms with van der Waals surface area (Å²) in [5.74, 6) is -0.983. The van der Waals surface area contributed by atoms with Gasteiger partial charge in [-0.25, -0.2) is 0 Å². The number of hydrogen-bond acceptors (Lipinski definition) is 5. The van der Waals surface area contributed by atoms with E-state index >= 15 is 0 Å². The molecule has 0 saturated carbocycles. The summed E-state index contributed by atoms with van der Waals surface area (Å²) in [6.45, 7) is 3.45. The Bertz CT molecular complexity index is 1050. The standard InChI is InChI=1S/C22H20N2O4/c1-15-10-19-17(13-27-20(19)11-16(15)2)12-22(26)28-14-21(25)24(9-8-23)18-6-4-3-5-7-18/h3-7,10-11,13H,9,12,14H2,1-2H3. The topological polar surface area (TPSA) is 83.5 Å². The van der Waals surface area contributed by atoms with Crippen LogP contribution in [-0.4, -0.2) is 25.0 Å². The van der Waals surface area contributed by atoms with Gasteiger partial charge in [0.2, 0.25) is 0 Å². The number of esters is 1. The molecule has 1 amide bonds. The Kier molecular flexibility index (Phi) is 5.75. The minimum Gasteiger partial charge on any atom is -0.464 e. The largest absolute Gasteiger partial charge is 0.464 e. The van der Waals surface area contributed by atoms with Crippen molar-refractivity contribution in [2.75, 3.05) is 18.1 Å². The first kappa shape index (κ1) is 19.2. The Labute approximate surface area is 162 Å². The van der Waals surface area contributed by atoms with Gasteiger partial charge < -0.3 is 9.15 Å². The fraction of sp³-hybridized carbons (Fsp3) is 0.227. The van der Waals surface area contributed by atoms with E-state index in [9.17, 15) is 9.59 Å². The van der Waals surface area contributed by atoms with Crippen molar-refractivity contribution in [2.24, 2.45) is 0 Å². The summed E-state index contributed by atoms with van der Waals surface area (Å²) < 4.78 is 10.7. The van der Waals surface area contributed by atoms with E-state index in [0.717, 1.165) is 16.5 Å². The first-order valence-corrected chi connectivity index (χ1v) is 8.85. The summed E-state index contributed by atoms with van der Waals surface area (Å²) in [5.41, 5.74) is 4.23. The smallest absolute Gasteiger partial charge is 0.310 e. The van der Waals surface area contributed by atoms with Crippen LogP contribution in [0.1, 0.15) is 16.7 Å². The van der Waals surface area contributed by atoms with Gasteiger partial charge in [-0.3, -0.25) is 14.5 Å². The third-order valence-corrected chi connectivity index (χ3v) is 4.56. The molecule has 0 radical (unpaired) electrons. The second kappa shape index (κ2) is 8.40. The molecule has 0 unspecified atom stereocenters. The summed E-state index contributed by atoms with van der Waals surface area (Å²) in [7, 11) is 0. The highest BCUT2D eigenvalue weighted by atomic mass is 16.5. The third kappa shape index (κ3) is 4.21. The molecule has 0 saturated heterocycles. The predicted molar refractivity (Wildman–Crippen MR) is 105 cm³/mol. The molecule has 0 N–H and O–H groups in total. The minimum atomic E-state index is -0.528. The number of carbonyl (C=O) groups is 2. The number of para-hydroxylation sites is 1. The fourth-order valence-electron chi connectivity index (χ4n) is 2.90. The Morgan fingerprint density at radius 3 is 2.57 bits per heavy atom. The Morgan fingerprint density at radius 2 is 1.86 bits per heavy atom. The zero-order valence-electron chi connectivity index (χ0n) is 15.8. The van der Waals surface area contributed by atoms with Crippen LogP contribution in [0.2, 0.25) is 0 Å². The number of benzene rings is 2. The van der Waals surface area contributed by atoms with Gasteiger partial charge in [0, 0.05) is 16.6 Å². The molecular formula is C22H20N2O4. The summed E-state index contributed by atoms with van der Waals surface area (Å²) in [4.78, 5) is 25.9. The number of furan rings is 1. The van der Waals surface area contributed by atoms with E-state index in [1.165, 1.54) is 4.90 Å². The van der Waals surface area contributed by atoms with E-state index in [1.807, 2.05) is 38.1 Å². The van der Waals surface area contributed by atoms with Crippen molar-refractivity contribution in [3.63, 3.8) is 0 Å². The third-order valence-electron chi connectivity index (χ3n) is 4.56. The van der Waals surface area contributed by atoms with E-state index in [1.54, 1.807) is 30.5 Å². The highest BCUT2D eigenvalue weighted by molar-refractivity contribution is 5.96. The van der Waals surface area contributed by atoms with Gasteiger partial charge >= 0.3 is 5.97 Å². The molecule has 0 spiro atoms. The highest BCUT2D eigenvalue weighted by Gasteiger charge is 2.18. The molecule has 0 aliphatic rings. The lowest BCUT2D eigenvalue weighted by molar-refractivity contribution is -0.147. The summed E-state index contributed by atoms with van der Waals surface area (Å²) in [6, 6.07) is 14.7. The van der Waals surface area contributed by atoms with Crippen molar-refractivity contribution in [1.82, 2.24) is 0 Å². The van der Waals surface area contributed by atoms with Crippen molar-refractivity contribution in [1.29, 1.82) is 5.26 Å². The Morgan fingerprint density at radius 1 is 1.14 bits per heavy atom. The first-order chi connectivity index (χ1) is 13.5. The average Bonchev–Trinajstić information content (AvgIpc) is 3.06. The van der Waals surface area contributed by atoms with Crippen molar-refractivity contribution in [2.45, 2.75) is 20.3 Å². The maximum atomic E-state index is 12.4. The van der Waals surface area contributed by atoms with E-state index in [0.29, 0.717) is 16.8 Å². The van der Waals surface area contributed by atoms with Gasteiger partial charge in [0.15, 0.2) is 6.61 Å². The van der Waals surface area contributed by atoms with Crippen LogP contribution in [0.3, 0.4) is 0 Å². The van der Waals surface area contributed by atoms with Crippen molar-refractivity contribution >= 4 is 28.5 Å². The normalized spacial score (nSPS) is 10.5. The maximum Gasteiger partial charge on any atom is 0.310 e. The number of ether oxygens (including phenoxy) is 1. The van der Waals surface area contributed by atoms with Crippen LogP contribution in [0.4, 0.5) is 5.69 Å². The van der Waals surface area contributed by atoms with Gasteiger partial charge in [0.1, 0.15) is 12.1 Å². The molecule has 1 aromatic heterocycles. The number of carbonyl (C=O) groups excluding carboxylic acids is 2. The number of fused-ring (bicyclic) bond motifs is 1. The lowest BCUT2D eigenvalue weighted by atomic mass is 10.0. The molecule has 6 nitrogen and oxygen atoms in total. The zero-order chi connectivity index (χ0) is 20.1. The number of nitrogens with zero attached hydrogens (tertiary/aromatic N) is 2. The van der Waals surface area contributed by atoms with Crippen LogP contribution in [0.5, 0.6) is 0 Å². The summed E-state index contributed by atoms with van der Waals surface area (Å²) in [5, 5.41) is 9.84. The number of nitriles is 1. The molecule has 0 fully saturated rings. The minimum absolute atomic E-state index is 0.00632. The monoisotopic (exact) mass is 376 g/mol. The number of amides is 1.